The maximum atomic E-state index is 13.6. The van der Waals surface area contributed by atoms with Crippen molar-refractivity contribution < 1.29 is 8.78 Å². The van der Waals surface area contributed by atoms with E-state index in [2.05, 4.69) is 15.3 Å². The fraction of sp³-hybridized carbons (Fsp3) is 0.500. The first-order valence-electron chi connectivity index (χ1n) is 7.79. The zero-order valence-corrected chi connectivity index (χ0v) is 13.4. The van der Waals surface area contributed by atoms with Crippen molar-refractivity contribution in [2.24, 2.45) is 5.73 Å². The molecule has 1 aromatic heterocycles. The Morgan fingerprint density at radius 3 is 2.39 bits per heavy atom. The fourth-order valence-corrected chi connectivity index (χ4v) is 3.03. The molecule has 124 valence electrons. The number of anilines is 2. The molecule has 0 spiro atoms. The lowest BCUT2D eigenvalue weighted by Crippen LogP contribution is -2.49. The lowest BCUT2D eigenvalue weighted by atomic mass is 9.90. The van der Waals surface area contributed by atoms with Gasteiger partial charge >= 0.3 is 0 Å². The second kappa shape index (κ2) is 5.88. The number of rotatable bonds is 3. The lowest BCUT2D eigenvalue weighted by molar-refractivity contribution is 0.331. The molecule has 3 N–H and O–H groups in total. The Labute approximate surface area is 133 Å². The molecule has 1 aromatic carbocycles. The van der Waals surface area contributed by atoms with Gasteiger partial charge < -0.3 is 16.0 Å². The molecule has 0 unspecified atom stereocenters. The van der Waals surface area contributed by atoms with Crippen molar-refractivity contribution in [2.45, 2.75) is 37.8 Å². The number of nitrogens with two attached hydrogens (primary N) is 1. The molecule has 1 fully saturated rings. The molecule has 3 rings (SSSR count). The van der Waals surface area contributed by atoms with Gasteiger partial charge in [0.15, 0.2) is 11.6 Å². The van der Waals surface area contributed by atoms with E-state index in [1.54, 1.807) is 19.0 Å². The van der Waals surface area contributed by atoms with Gasteiger partial charge in [-0.1, -0.05) is 6.42 Å². The molecule has 0 aliphatic heterocycles. The molecule has 7 heteroatoms. The highest BCUT2D eigenvalue weighted by atomic mass is 19.2. The molecule has 1 heterocycles. The maximum absolute atomic E-state index is 13.6. The fourth-order valence-electron chi connectivity index (χ4n) is 3.03. The minimum atomic E-state index is -0.924. The van der Waals surface area contributed by atoms with Crippen molar-refractivity contribution in [3.05, 3.63) is 23.8 Å². The third-order valence-electron chi connectivity index (χ3n) is 4.25. The average molecular weight is 321 g/mol. The number of benzene rings is 1. The van der Waals surface area contributed by atoms with Crippen molar-refractivity contribution in [2.75, 3.05) is 24.3 Å². The van der Waals surface area contributed by atoms with Gasteiger partial charge in [0, 0.05) is 25.5 Å². The predicted molar refractivity (Wildman–Crippen MR) is 87.4 cm³/mol. The van der Waals surface area contributed by atoms with Crippen LogP contribution in [0.25, 0.3) is 10.9 Å². The van der Waals surface area contributed by atoms with Gasteiger partial charge in [-0.25, -0.2) is 13.8 Å². The van der Waals surface area contributed by atoms with Gasteiger partial charge in [0.25, 0.3) is 0 Å². The van der Waals surface area contributed by atoms with E-state index in [-0.39, 0.29) is 0 Å². The van der Waals surface area contributed by atoms with Crippen LogP contribution in [0.5, 0.6) is 0 Å². The number of aromatic nitrogens is 2. The topological polar surface area (TPSA) is 67.1 Å². The van der Waals surface area contributed by atoms with E-state index in [4.69, 9.17) is 5.73 Å². The van der Waals surface area contributed by atoms with Gasteiger partial charge in [0.1, 0.15) is 5.82 Å². The highest BCUT2D eigenvalue weighted by molar-refractivity contribution is 5.90. The van der Waals surface area contributed by atoms with E-state index in [0.717, 1.165) is 37.8 Å². The Bertz CT molecular complexity index is 726. The summed E-state index contributed by atoms with van der Waals surface area (Å²) in [6.45, 7) is 0. The predicted octanol–water partition coefficient (Wildman–Crippen LogP) is 3.01. The summed E-state index contributed by atoms with van der Waals surface area (Å²) < 4.78 is 27.1. The van der Waals surface area contributed by atoms with Crippen LogP contribution in [0.3, 0.4) is 0 Å². The number of hydrogen-bond donors (Lipinski definition) is 2. The van der Waals surface area contributed by atoms with Crippen molar-refractivity contribution in [1.29, 1.82) is 0 Å². The zero-order valence-electron chi connectivity index (χ0n) is 13.4. The number of hydrogen-bond acceptors (Lipinski definition) is 5. The highest BCUT2D eigenvalue weighted by Gasteiger charge is 2.28. The molecular formula is C16H21F2N5. The van der Waals surface area contributed by atoms with Gasteiger partial charge in [-0.15, -0.1) is 0 Å². The van der Waals surface area contributed by atoms with Gasteiger partial charge in [-0.2, -0.15) is 4.98 Å². The second-order valence-electron chi connectivity index (χ2n) is 6.39. The molecule has 1 aliphatic carbocycles. The van der Waals surface area contributed by atoms with E-state index in [0.29, 0.717) is 22.7 Å². The molecule has 0 amide bonds. The summed E-state index contributed by atoms with van der Waals surface area (Å²) in [6, 6.07) is 2.22. The molecule has 23 heavy (non-hydrogen) atoms. The van der Waals surface area contributed by atoms with Gasteiger partial charge in [0.2, 0.25) is 5.95 Å². The lowest BCUT2D eigenvalue weighted by Gasteiger charge is -2.34. The van der Waals surface area contributed by atoms with Crippen LogP contribution in [0.2, 0.25) is 0 Å². The number of nitrogens with zero attached hydrogens (tertiary/aromatic N) is 3. The first-order chi connectivity index (χ1) is 10.9. The minimum Gasteiger partial charge on any atom is -0.362 e. The number of halogens is 2. The van der Waals surface area contributed by atoms with Crippen LogP contribution in [0.4, 0.5) is 20.5 Å². The van der Waals surface area contributed by atoms with Crippen molar-refractivity contribution >= 4 is 22.7 Å². The van der Waals surface area contributed by atoms with E-state index >= 15 is 0 Å². The Morgan fingerprint density at radius 1 is 1.09 bits per heavy atom. The monoisotopic (exact) mass is 321 g/mol. The van der Waals surface area contributed by atoms with Crippen molar-refractivity contribution in [1.82, 2.24) is 9.97 Å². The van der Waals surface area contributed by atoms with Crippen LogP contribution in [-0.2, 0) is 0 Å². The van der Waals surface area contributed by atoms with Gasteiger partial charge in [-0.3, -0.25) is 0 Å². The van der Waals surface area contributed by atoms with E-state index in [1.165, 1.54) is 6.42 Å². The molecule has 0 saturated heterocycles. The standard InChI is InChI=1S/C16H21F2N5/c1-23(2)14-10-8-11(17)12(18)9-13(10)20-15(21-14)22-16(19)6-4-3-5-7-16/h8-9H,3-7,19H2,1-2H3,(H,20,21,22). The molecular weight excluding hydrogens is 300 g/mol. The van der Waals surface area contributed by atoms with E-state index < -0.39 is 17.3 Å². The summed E-state index contributed by atoms with van der Waals surface area (Å²) in [5.74, 6) is -0.966. The zero-order chi connectivity index (χ0) is 16.6. The van der Waals surface area contributed by atoms with Crippen molar-refractivity contribution in [3.63, 3.8) is 0 Å². The summed E-state index contributed by atoms with van der Waals surface area (Å²) in [5.41, 5.74) is 6.18. The number of nitrogens with one attached hydrogen (secondary N) is 1. The van der Waals surface area contributed by atoms with Crippen LogP contribution in [0, 0.1) is 11.6 Å². The summed E-state index contributed by atoms with van der Waals surface area (Å²) >= 11 is 0. The molecule has 1 aliphatic rings. The first kappa shape index (κ1) is 15.9. The Kier molecular flexibility index (Phi) is 4.06. The smallest absolute Gasteiger partial charge is 0.226 e. The summed E-state index contributed by atoms with van der Waals surface area (Å²) in [6.07, 6.45) is 4.95. The molecule has 0 radical (unpaired) electrons. The Balaban J connectivity index is 2.05. The first-order valence-corrected chi connectivity index (χ1v) is 7.79. The summed E-state index contributed by atoms with van der Waals surface area (Å²) in [7, 11) is 3.59. The van der Waals surface area contributed by atoms with Crippen LogP contribution in [0.1, 0.15) is 32.1 Å². The van der Waals surface area contributed by atoms with Crippen molar-refractivity contribution in [3.8, 4) is 0 Å². The van der Waals surface area contributed by atoms with Crippen LogP contribution in [0.15, 0.2) is 12.1 Å². The summed E-state index contributed by atoms with van der Waals surface area (Å²) in [5, 5.41) is 3.66. The quantitative estimate of drug-likeness (QED) is 0.851. The van der Waals surface area contributed by atoms with Gasteiger partial charge in [-0.05, 0) is 31.7 Å². The van der Waals surface area contributed by atoms with Gasteiger partial charge in [0.05, 0.1) is 11.2 Å². The molecule has 0 atom stereocenters. The Morgan fingerprint density at radius 2 is 1.74 bits per heavy atom. The van der Waals surface area contributed by atoms with Crippen LogP contribution in [-0.4, -0.2) is 29.7 Å². The SMILES string of the molecule is CN(C)c1nc(NC2(N)CCCCC2)nc2cc(F)c(F)cc12. The normalized spacial score (nSPS) is 17.3. The highest BCUT2D eigenvalue weighted by Crippen LogP contribution is 2.30. The maximum Gasteiger partial charge on any atom is 0.226 e. The Hall–Kier alpha value is -2.02. The number of fused-ring (bicyclic) bond motifs is 1. The molecule has 0 bridgehead atoms. The van der Waals surface area contributed by atoms with Crippen LogP contribution < -0.4 is 16.0 Å². The third-order valence-corrected chi connectivity index (χ3v) is 4.25. The molecule has 5 nitrogen and oxygen atoms in total. The third kappa shape index (κ3) is 3.19. The van der Waals surface area contributed by atoms with Crippen LogP contribution >= 0.6 is 0 Å². The summed E-state index contributed by atoms with van der Waals surface area (Å²) in [4.78, 5) is 10.5. The average Bonchev–Trinajstić information content (AvgIpc) is 2.48. The minimum absolute atomic E-state index is 0.344. The van der Waals surface area contributed by atoms with E-state index in [1.807, 2.05) is 0 Å². The molecule has 2 aromatic rings. The largest absolute Gasteiger partial charge is 0.362 e. The second-order valence-corrected chi connectivity index (χ2v) is 6.39. The molecule has 1 saturated carbocycles. The van der Waals surface area contributed by atoms with E-state index in [9.17, 15) is 8.78 Å².